The van der Waals surface area contributed by atoms with Crippen molar-refractivity contribution in [3.63, 3.8) is 0 Å². The number of rotatable bonds is 3. The van der Waals surface area contributed by atoms with E-state index in [9.17, 15) is 5.11 Å². The number of methoxy groups -OCH3 is 1. The number of benzene rings is 2. The Bertz CT molecular complexity index is 1020. The fourth-order valence-corrected chi connectivity index (χ4v) is 5.19. The normalized spacial score (nSPS) is 22.2. The molecular weight excluding hydrogens is 390 g/mol. The summed E-state index contributed by atoms with van der Waals surface area (Å²) >= 11 is 0. The fraction of sp³-hybridized carbons (Fsp3) is 0.480. The minimum atomic E-state index is -0.501. The molecule has 0 aliphatic carbocycles. The molecule has 31 heavy (non-hydrogen) atoms. The number of nitrogens with zero attached hydrogens (tertiary/aromatic N) is 3. The van der Waals surface area contributed by atoms with Crippen LogP contribution in [0.1, 0.15) is 55.8 Å². The van der Waals surface area contributed by atoms with E-state index in [1.807, 2.05) is 31.2 Å². The van der Waals surface area contributed by atoms with Gasteiger partial charge in [-0.15, -0.1) is 0 Å². The van der Waals surface area contributed by atoms with E-state index in [2.05, 4.69) is 29.8 Å². The van der Waals surface area contributed by atoms with Crippen molar-refractivity contribution >= 4 is 5.71 Å². The molecule has 6 nitrogen and oxygen atoms in total. The molecule has 0 saturated carbocycles. The molecule has 1 atom stereocenters. The Morgan fingerprint density at radius 1 is 1.19 bits per heavy atom. The topological polar surface area (TPSA) is 57.5 Å². The van der Waals surface area contributed by atoms with Gasteiger partial charge >= 0.3 is 0 Å². The second-order valence-corrected chi connectivity index (χ2v) is 9.19. The number of hydrazone groups is 1. The first kappa shape index (κ1) is 20.2. The maximum absolute atomic E-state index is 10.5. The number of hydrogen-bond acceptors (Lipinski definition) is 6. The molecule has 0 unspecified atom stereocenters. The summed E-state index contributed by atoms with van der Waals surface area (Å²) in [5, 5.41) is 17.8. The third-order valence-corrected chi connectivity index (χ3v) is 6.98. The van der Waals surface area contributed by atoms with Gasteiger partial charge in [0.15, 0.2) is 11.5 Å². The molecule has 3 heterocycles. The van der Waals surface area contributed by atoms with Crippen molar-refractivity contribution in [2.45, 2.75) is 57.8 Å². The Kier molecular flexibility index (Phi) is 4.85. The highest BCUT2D eigenvalue weighted by Crippen LogP contribution is 2.53. The molecule has 1 saturated heterocycles. The molecule has 0 amide bonds. The van der Waals surface area contributed by atoms with Gasteiger partial charge in [-0.05, 0) is 39.0 Å². The second kappa shape index (κ2) is 7.45. The van der Waals surface area contributed by atoms with E-state index in [4.69, 9.17) is 14.6 Å². The van der Waals surface area contributed by atoms with Crippen molar-refractivity contribution in [2.24, 2.45) is 5.10 Å². The predicted molar refractivity (Wildman–Crippen MR) is 121 cm³/mol. The maximum Gasteiger partial charge on any atom is 0.200 e. The van der Waals surface area contributed by atoms with Crippen LogP contribution in [0.4, 0.5) is 0 Å². The Morgan fingerprint density at radius 3 is 2.68 bits per heavy atom. The van der Waals surface area contributed by atoms with Gasteiger partial charge in [0, 0.05) is 49.5 Å². The van der Waals surface area contributed by atoms with Gasteiger partial charge in [0.2, 0.25) is 5.72 Å². The molecule has 1 spiro atoms. The third-order valence-electron chi connectivity index (χ3n) is 6.98. The highest BCUT2D eigenvalue weighted by Gasteiger charge is 2.52. The van der Waals surface area contributed by atoms with Crippen LogP contribution < -0.4 is 9.47 Å². The summed E-state index contributed by atoms with van der Waals surface area (Å²) in [7, 11) is 1.70. The van der Waals surface area contributed by atoms with Crippen molar-refractivity contribution in [2.75, 3.05) is 20.2 Å². The van der Waals surface area contributed by atoms with Crippen molar-refractivity contribution in [3.8, 4) is 17.2 Å². The Balaban J connectivity index is 1.59. The number of phenolic OH excluding ortho intramolecular Hbond substituents is 1. The monoisotopic (exact) mass is 421 g/mol. The molecule has 5 rings (SSSR count). The second-order valence-electron chi connectivity index (χ2n) is 9.19. The molecule has 6 heteroatoms. The molecule has 3 aliphatic rings. The van der Waals surface area contributed by atoms with Crippen molar-refractivity contribution in [1.29, 1.82) is 0 Å². The quantitative estimate of drug-likeness (QED) is 0.793. The molecule has 3 aliphatic heterocycles. The van der Waals surface area contributed by atoms with Crippen molar-refractivity contribution < 1.29 is 14.6 Å². The molecule has 164 valence electrons. The molecular formula is C25H31N3O3. The minimum Gasteiger partial charge on any atom is -0.507 e. The standard InChI is InChI=1S/C25H31N3O3/c1-16(2)27-12-10-25(11-13-27)28-21(18-6-5-7-23(30-4)24(18)31-25)15-20(26-28)19-14-17(3)8-9-22(19)29/h5-9,14,16,21,29H,10-13,15H2,1-4H3/t21-/m1/s1. The summed E-state index contributed by atoms with van der Waals surface area (Å²) in [6.07, 6.45) is 2.47. The molecule has 0 radical (unpaired) electrons. The molecule has 1 fully saturated rings. The first-order valence-corrected chi connectivity index (χ1v) is 11.2. The van der Waals surface area contributed by atoms with Crippen LogP contribution in [0.25, 0.3) is 0 Å². The highest BCUT2D eigenvalue weighted by atomic mass is 16.5. The lowest BCUT2D eigenvalue weighted by Crippen LogP contribution is -2.59. The predicted octanol–water partition coefficient (Wildman–Crippen LogP) is 4.45. The van der Waals surface area contributed by atoms with E-state index in [1.54, 1.807) is 13.2 Å². The zero-order valence-electron chi connectivity index (χ0n) is 18.8. The smallest absolute Gasteiger partial charge is 0.200 e. The molecule has 0 bridgehead atoms. The largest absolute Gasteiger partial charge is 0.507 e. The van der Waals surface area contributed by atoms with Gasteiger partial charge in [-0.2, -0.15) is 5.10 Å². The number of ether oxygens (including phenoxy) is 2. The lowest BCUT2D eigenvalue weighted by atomic mass is 9.90. The maximum atomic E-state index is 10.5. The Morgan fingerprint density at radius 2 is 1.97 bits per heavy atom. The van der Waals surface area contributed by atoms with E-state index in [1.165, 1.54) is 0 Å². The Hall–Kier alpha value is -2.73. The summed E-state index contributed by atoms with van der Waals surface area (Å²) in [6.45, 7) is 8.46. The average molecular weight is 422 g/mol. The number of fused-ring (bicyclic) bond motifs is 4. The summed E-state index contributed by atoms with van der Waals surface area (Å²) in [4.78, 5) is 2.49. The van der Waals surface area contributed by atoms with Gasteiger partial charge in [0.25, 0.3) is 0 Å². The molecule has 0 aromatic heterocycles. The summed E-state index contributed by atoms with van der Waals surface area (Å²) in [5.41, 5.74) is 3.43. The summed E-state index contributed by atoms with van der Waals surface area (Å²) < 4.78 is 12.4. The van der Waals surface area contributed by atoms with E-state index < -0.39 is 5.72 Å². The van der Waals surface area contributed by atoms with E-state index in [0.717, 1.165) is 66.3 Å². The van der Waals surface area contributed by atoms with E-state index in [0.29, 0.717) is 6.04 Å². The fourth-order valence-electron chi connectivity index (χ4n) is 5.19. The number of aromatic hydroxyl groups is 1. The van der Waals surface area contributed by atoms with Gasteiger partial charge in [-0.25, -0.2) is 5.01 Å². The van der Waals surface area contributed by atoms with Crippen LogP contribution in [0, 0.1) is 6.92 Å². The van der Waals surface area contributed by atoms with Crippen LogP contribution in [-0.2, 0) is 0 Å². The van der Waals surface area contributed by atoms with Gasteiger partial charge in [0.05, 0.1) is 18.9 Å². The van der Waals surface area contributed by atoms with Crippen molar-refractivity contribution in [1.82, 2.24) is 9.91 Å². The molecule has 2 aromatic carbocycles. The van der Waals surface area contributed by atoms with Crippen molar-refractivity contribution in [3.05, 3.63) is 53.1 Å². The number of phenols is 1. The van der Waals surface area contributed by atoms with Gasteiger partial charge < -0.3 is 19.5 Å². The summed E-state index contributed by atoms with van der Waals surface area (Å²) in [5.74, 6) is 1.89. The summed E-state index contributed by atoms with van der Waals surface area (Å²) in [6, 6.07) is 12.4. The number of para-hydroxylation sites is 1. The van der Waals surface area contributed by atoms with Gasteiger partial charge in [-0.3, -0.25) is 0 Å². The first-order valence-electron chi connectivity index (χ1n) is 11.2. The third kappa shape index (κ3) is 3.24. The average Bonchev–Trinajstić information content (AvgIpc) is 3.22. The van der Waals surface area contributed by atoms with Crippen LogP contribution >= 0.6 is 0 Å². The van der Waals surface area contributed by atoms with Gasteiger partial charge in [0.1, 0.15) is 5.75 Å². The van der Waals surface area contributed by atoms with Crippen LogP contribution in [0.15, 0.2) is 41.5 Å². The number of likely N-dealkylation sites (tertiary alicyclic amines) is 1. The zero-order chi connectivity index (χ0) is 21.8. The first-order chi connectivity index (χ1) is 14.9. The highest BCUT2D eigenvalue weighted by molar-refractivity contribution is 6.04. The van der Waals surface area contributed by atoms with E-state index in [-0.39, 0.29) is 11.8 Å². The van der Waals surface area contributed by atoms with Crippen LogP contribution in [0.5, 0.6) is 17.2 Å². The van der Waals surface area contributed by atoms with Crippen LogP contribution in [0.3, 0.4) is 0 Å². The lowest BCUT2D eigenvalue weighted by molar-refractivity contribution is -0.153. The minimum absolute atomic E-state index is 0.0689. The zero-order valence-corrected chi connectivity index (χ0v) is 18.8. The van der Waals surface area contributed by atoms with E-state index >= 15 is 0 Å². The van der Waals surface area contributed by atoms with Crippen LogP contribution in [0.2, 0.25) is 0 Å². The number of piperidine rings is 1. The van der Waals surface area contributed by atoms with Crippen LogP contribution in [-0.4, -0.2) is 52.7 Å². The number of aryl methyl sites for hydroxylation is 1. The molecule has 2 aromatic rings. The number of hydrogen-bond donors (Lipinski definition) is 1. The molecule has 1 N–H and O–H groups in total. The van der Waals surface area contributed by atoms with Gasteiger partial charge in [-0.1, -0.05) is 23.8 Å². The lowest BCUT2D eigenvalue weighted by Gasteiger charge is -2.51. The Labute approximate surface area is 184 Å². The SMILES string of the molecule is COc1cccc2c1OC1(CCN(C(C)C)CC1)N1N=C(c3cc(C)ccc3O)C[C@H]21.